The highest BCUT2D eigenvalue weighted by atomic mass is 31.2. The fraction of sp³-hybridized carbons (Fsp3) is 1.00. The number of hydrogen-bond donors (Lipinski definition) is 4. The Kier molecular flexibility index (Phi) is 4.06. The van der Waals surface area contributed by atoms with Crippen LogP contribution in [0.25, 0.3) is 0 Å². The molecule has 0 aliphatic carbocycles. The van der Waals surface area contributed by atoms with Crippen molar-refractivity contribution in [2.45, 2.75) is 24.1 Å². The number of aliphatic hydroxyl groups is 4. The lowest BCUT2D eigenvalue weighted by atomic mass is 10.1. The van der Waals surface area contributed by atoms with Crippen molar-refractivity contribution >= 4 is 7.82 Å². The van der Waals surface area contributed by atoms with E-state index in [1.165, 1.54) is 0 Å². The average molecular weight is 258 g/mol. The molecular weight excluding hydrogens is 247 g/mol. The van der Waals surface area contributed by atoms with Crippen LogP contribution in [0.1, 0.15) is 0 Å². The summed E-state index contributed by atoms with van der Waals surface area (Å²) in [5.41, 5.74) is 0. The Balaban J connectivity index is 2.67. The second-order valence-electron chi connectivity index (χ2n) is 3.34. The van der Waals surface area contributed by atoms with Crippen molar-refractivity contribution in [2.24, 2.45) is 0 Å². The molecule has 0 radical (unpaired) electrons. The van der Waals surface area contributed by atoms with Crippen LogP contribution < -0.4 is 9.79 Å². The van der Waals surface area contributed by atoms with E-state index < -0.39 is 45.1 Å². The standard InChI is InChI=1S/C6H13O9P/c7-1-3-4(8)5(9)6(10,15-3)2-14-16(11,12)13/h3-5,7-10H,1-2H2,(H2,11,12,13)/p-2/t3-,4+,5-,6-/m0/s1. The first-order valence-electron chi connectivity index (χ1n) is 4.23. The molecule has 16 heavy (non-hydrogen) atoms. The Morgan fingerprint density at radius 2 is 2.00 bits per heavy atom. The van der Waals surface area contributed by atoms with Crippen LogP contribution in [0, 0.1) is 0 Å². The summed E-state index contributed by atoms with van der Waals surface area (Å²) < 4.78 is 18.5. The van der Waals surface area contributed by atoms with E-state index in [1.54, 1.807) is 0 Å². The van der Waals surface area contributed by atoms with Crippen molar-refractivity contribution in [1.29, 1.82) is 0 Å². The number of hydrogen-bond acceptors (Lipinski definition) is 9. The molecule has 0 unspecified atom stereocenters. The van der Waals surface area contributed by atoms with E-state index >= 15 is 0 Å². The van der Waals surface area contributed by atoms with Gasteiger partial charge in [0.25, 0.3) is 0 Å². The highest BCUT2D eigenvalue weighted by Crippen LogP contribution is 2.34. The first kappa shape index (κ1) is 14.0. The molecule has 0 bridgehead atoms. The maximum absolute atomic E-state index is 10.2. The van der Waals surface area contributed by atoms with Gasteiger partial charge in [-0.05, 0) is 0 Å². The fourth-order valence-corrected chi connectivity index (χ4v) is 1.65. The summed E-state index contributed by atoms with van der Waals surface area (Å²) >= 11 is 0. The molecule has 10 heteroatoms. The van der Waals surface area contributed by atoms with Crippen molar-refractivity contribution in [3.8, 4) is 0 Å². The van der Waals surface area contributed by atoms with Crippen molar-refractivity contribution in [3.05, 3.63) is 0 Å². The highest BCUT2D eigenvalue weighted by molar-refractivity contribution is 7.43. The summed E-state index contributed by atoms with van der Waals surface area (Å²) in [6.45, 7) is -1.86. The minimum atomic E-state index is -5.33. The molecule has 1 aliphatic heterocycles. The molecule has 0 aromatic carbocycles. The van der Waals surface area contributed by atoms with Gasteiger partial charge in [-0.25, -0.2) is 0 Å². The molecule has 96 valence electrons. The molecule has 0 amide bonds. The highest BCUT2D eigenvalue weighted by Gasteiger charge is 2.53. The van der Waals surface area contributed by atoms with Gasteiger partial charge in [0.05, 0.1) is 14.4 Å². The van der Waals surface area contributed by atoms with Gasteiger partial charge in [-0.15, -0.1) is 0 Å². The molecule has 1 fully saturated rings. The SMILES string of the molecule is O=P([O-])([O-])OC[C@]1(O)O[C@@H](CO)[C@@H](O)[C@@H]1O. The Hall–Kier alpha value is -0.0900. The number of phosphoric acid groups is 1. The monoisotopic (exact) mass is 258 g/mol. The van der Waals surface area contributed by atoms with Crippen LogP contribution in [0.15, 0.2) is 0 Å². The first-order chi connectivity index (χ1) is 7.19. The Morgan fingerprint density at radius 3 is 2.38 bits per heavy atom. The van der Waals surface area contributed by atoms with Crippen LogP contribution in [0.5, 0.6) is 0 Å². The zero-order chi connectivity index (χ0) is 12.6. The summed E-state index contributed by atoms with van der Waals surface area (Å²) in [6, 6.07) is 0. The zero-order valence-electron chi connectivity index (χ0n) is 7.92. The summed E-state index contributed by atoms with van der Waals surface area (Å²) in [6.07, 6.45) is -4.80. The average Bonchev–Trinajstić information content (AvgIpc) is 2.40. The molecule has 0 saturated carbocycles. The largest absolute Gasteiger partial charge is 0.790 e. The van der Waals surface area contributed by atoms with Gasteiger partial charge in [0.1, 0.15) is 24.9 Å². The molecule has 1 heterocycles. The predicted molar refractivity (Wildman–Crippen MR) is 42.5 cm³/mol. The lowest BCUT2D eigenvalue weighted by Gasteiger charge is -2.33. The third-order valence-corrected chi connectivity index (χ3v) is 2.58. The smallest absolute Gasteiger partial charge is 0.219 e. The quantitative estimate of drug-likeness (QED) is 0.365. The molecule has 1 saturated heterocycles. The van der Waals surface area contributed by atoms with Crippen molar-refractivity contribution in [3.63, 3.8) is 0 Å². The topological polar surface area (TPSA) is 163 Å². The third-order valence-electron chi connectivity index (χ3n) is 2.13. The lowest BCUT2D eigenvalue weighted by molar-refractivity contribution is -0.350. The van der Waals surface area contributed by atoms with E-state index in [9.17, 15) is 29.7 Å². The van der Waals surface area contributed by atoms with Gasteiger partial charge in [-0.2, -0.15) is 0 Å². The van der Waals surface area contributed by atoms with Gasteiger partial charge in [0.2, 0.25) is 5.79 Å². The minimum absolute atomic E-state index is 0.701. The molecule has 0 spiro atoms. The molecule has 4 atom stereocenters. The second-order valence-corrected chi connectivity index (χ2v) is 4.49. The molecule has 4 N–H and O–H groups in total. The van der Waals surface area contributed by atoms with Gasteiger partial charge in [-0.3, -0.25) is 0 Å². The predicted octanol–water partition coefficient (Wildman–Crippen LogP) is -4.37. The van der Waals surface area contributed by atoms with E-state index in [4.69, 9.17) is 5.11 Å². The van der Waals surface area contributed by atoms with Crippen LogP contribution in [-0.4, -0.2) is 57.7 Å². The third kappa shape index (κ3) is 2.98. The van der Waals surface area contributed by atoms with E-state index in [0.717, 1.165) is 0 Å². The molecular formula is C6H11O9P-2. The maximum Gasteiger partial charge on any atom is 0.219 e. The van der Waals surface area contributed by atoms with Crippen LogP contribution in [0.3, 0.4) is 0 Å². The van der Waals surface area contributed by atoms with Crippen LogP contribution in [0.2, 0.25) is 0 Å². The molecule has 0 aromatic heterocycles. The molecule has 9 nitrogen and oxygen atoms in total. The van der Waals surface area contributed by atoms with Crippen molar-refractivity contribution in [2.75, 3.05) is 13.2 Å². The molecule has 1 aliphatic rings. The Morgan fingerprint density at radius 1 is 1.44 bits per heavy atom. The first-order valence-corrected chi connectivity index (χ1v) is 5.69. The van der Waals surface area contributed by atoms with Crippen LogP contribution in [0.4, 0.5) is 0 Å². The van der Waals surface area contributed by atoms with Crippen LogP contribution >= 0.6 is 7.82 Å². The minimum Gasteiger partial charge on any atom is -0.790 e. The van der Waals surface area contributed by atoms with Gasteiger partial charge < -0.3 is 44.0 Å². The zero-order valence-corrected chi connectivity index (χ0v) is 8.82. The number of rotatable bonds is 4. The lowest BCUT2D eigenvalue weighted by Crippen LogP contribution is -2.47. The van der Waals surface area contributed by atoms with Gasteiger partial charge in [-0.1, -0.05) is 0 Å². The summed E-state index contributed by atoms with van der Waals surface area (Å²) in [5, 5.41) is 36.8. The van der Waals surface area contributed by atoms with Crippen molar-refractivity contribution < 1.29 is 44.0 Å². The summed E-state index contributed by atoms with van der Waals surface area (Å²) in [7, 11) is -5.33. The second kappa shape index (κ2) is 4.65. The fourth-order valence-electron chi connectivity index (χ4n) is 1.31. The van der Waals surface area contributed by atoms with E-state index in [-0.39, 0.29) is 0 Å². The molecule has 1 rings (SSSR count). The van der Waals surface area contributed by atoms with Crippen molar-refractivity contribution in [1.82, 2.24) is 0 Å². The summed E-state index contributed by atoms with van der Waals surface area (Å²) in [4.78, 5) is 20.3. The molecule has 0 aromatic rings. The van der Waals surface area contributed by atoms with E-state index in [2.05, 4.69) is 9.26 Å². The van der Waals surface area contributed by atoms with E-state index in [0.29, 0.717) is 0 Å². The summed E-state index contributed by atoms with van der Waals surface area (Å²) in [5.74, 6) is -2.54. The van der Waals surface area contributed by atoms with Gasteiger partial charge >= 0.3 is 0 Å². The van der Waals surface area contributed by atoms with Gasteiger partial charge in [0.15, 0.2) is 0 Å². The van der Waals surface area contributed by atoms with Crippen LogP contribution in [-0.2, 0) is 13.8 Å². The normalized spacial score (nSPS) is 40.2. The van der Waals surface area contributed by atoms with E-state index in [1.807, 2.05) is 0 Å². The van der Waals surface area contributed by atoms with Gasteiger partial charge in [0, 0.05) is 0 Å². The number of aliphatic hydroxyl groups excluding tert-OH is 3. The maximum atomic E-state index is 10.2. The number of phosphoric ester groups is 1. The Labute approximate surface area is 90.1 Å². The number of ether oxygens (including phenoxy) is 1. The Bertz CT molecular complexity index is 290.